The Balaban J connectivity index is 2.93. The Morgan fingerprint density at radius 3 is 2.62 bits per heavy atom. The highest BCUT2D eigenvalue weighted by atomic mass is 79.9. The molecule has 0 aromatic heterocycles. The number of rotatable bonds is 7. The zero-order valence-electron chi connectivity index (χ0n) is 13.4. The lowest BCUT2D eigenvalue weighted by Gasteiger charge is -2.22. The van der Waals surface area contributed by atoms with Crippen LogP contribution in [0.4, 0.5) is 0 Å². The molecule has 0 aliphatic carbocycles. The molecule has 0 bridgehead atoms. The Morgan fingerprint density at radius 2 is 2.05 bits per heavy atom. The minimum atomic E-state index is -0.502. The third kappa shape index (κ3) is 5.32. The van der Waals surface area contributed by atoms with Gasteiger partial charge >= 0.3 is 0 Å². The Morgan fingerprint density at radius 1 is 1.38 bits per heavy atom. The van der Waals surface area contributed by atoms with Crippen LogP contribution in [-0.4, -0.2) is 37.6 Å². The molecular formula is C16H25BrN2O2. The van der Waals surface area contributed by atoms with Gasteiger partial charge in [-0.25, -0.2) is 0 Å². The third-order valence-corrected chi connectivity index (χ3v) is 3.72. The molecule has 1 aromatic carbocycles. The minimum Gasteiger partial charge on any atom is -0.481 e. The van der Waals surface area contributed by atoms with E-state index >= 15 is 0 Å². The van der Waals surface area contributed by atoms with Crippen LogP contribution in [0.25, 0.3) is 0 Å². The Bertz CT molecular complexity index is 477. The van der Waals surface area contributed by atoms with Gasteiger partial charge in [0.2, 0.25) is 0 Å². The van der Waals surface area contributed by atoms with Crippen LogP contribution in [-0.2, 0) is 4.79 Å². The first-order valence-corrected chi connectivity index (χ1v) is 8.06. The number of nitrogens with zero attached hydrogens (tertiary/aromatic N) is 1. The van der Waals surface area contributed by atoms with Crippen molar-refractivity contribution < 1.29 is 9.53 Å². The molecule has 0 saturated carbocycles. The number of carbonyl (C=O) groups is 1. The van der Waals surface area contributed by atoms with Crippen LogP contribution < -0.4 is 10.1 Å². The summed E-state index contributed by atoms with van der Waals surface area (Å²) in [5.74, 6) is 0.704. The van der Waals surface area contributed by atoms with Crippen LogP contribution in [0.3, 0.4) is 0 Å². The molecule has 2 atom stereocenters. The molecule has 2 unspecified atom stereocenters. The van der Waals surface area contributed by atoms with Gasteiger partial charge < -0.3 is 15.0 Å². The van der Waals surface area contributed by atoms with Gasteiger partial charge in [0.15, 0.2) is 6.10 Å². The van der Waals surface area contributed by atoms with Crippen molar-refractivity contribution in [1.82, 2.24) is 10.2 Å². The summed E-state index contributed by atoms with van der Waals surface area (Å²) in [5, 5.41) is 3.45. The van der Waals surface area contributed by atoms with Crippen LogP contribution in [0.5, 0.6) is 5.75 Å². The molecule has 1 aromatic rings. The lowest BCUT2D eigenvalue weighted by Crippen LogP contribution is -2.35. The highest BCUT2D eigenvalue weighted by Crippen LogP contribution is 2.29. The largest absolute Gasteiger partial charge is 0.481 e. The van der Waals surface area contributed by atoms with Crippen molar-refractivity contribution in [2.45, 2.75) is 39.3 Å². The van der Waals surface area contributed by atoms with Gasteiger partial charge in [-0.2, -0.15) is 0 Å². The van der Waals surface area contributed by atoms with Crippen LogP contribution in [0.2, 0.25) is 0 Å². The standard InChI is InChI=1S/C16H25BrN2O2/c1-6-9-18-11(2)14-10-13(17)7-8-15(14)21-12(3)16(20)19(4)5/h7-8,10-12,18H,6,9H2,1-5H3. The summed E-state index contributed by atoms with van der Waals surface area (Å²) in [4.78, 5) is 13.5. The number of carbonyl (C=O) groups excluding carboxylic acids is 1. The topological polar surface area (TPSA) is 41.6 Å². The fraction of sp³-hybridized carbons (Fsp3) is 0.562. The van der Waals surface area contributed by atoms with Crippen LogP contribution in [0.1, 0.15) is 38.8 Å². The summed E-state index contributed by atoms with van der Waals surface area (Å²) >= 11 is 3.49. The average molecular weight is 357 g/mol. The van der Waals surface area contributed by atoms with E-state index < -0.39 is 6.10 Å². The van der Waals surface area contributed by atoms with Gasteiger partial charge in [0.25, 0.3) is 5.91 Å². The molecule has 0 radical (unpaired) electrons. The van der Waals surface area contributed by atoms with E-state index in [1.165, 1.54) is 0 Å². The predicted octanol–water partition coefficient (Wildman–Crippen LogP) is 3.37. The van der Waals surface area contributed by atoms with Crippen molar-refractivity contribution in [3.05, 3.63) is 28.2 Å². The highest BCUT2D eigenvalue weighted by Gasteiger charge is 2.19. The molecule has 0 saturated heterocycles. The van der Waals surface area contributed by atoms with Gasteiger partial charge in [0.1, 0.15) is 5.75 Å². The summed E-state index contributed by atoms with van der Waals surface area (Å²) in [6, 6.07) is 6.04. The minimum absolute atomic E-state index is 0.0435. The van der Waals surface area contributed by atoms with E-state index in [1.807, 2.05) is 18.2 Å². The van der Waals surface area contributed by atoms with Gasteiger partial charge in [-0.15, -0.1) is 0 Å². The molecule has 0 aliphatic heterocycles. The quantitative estimate of drug-likeness (QED) is 0.814. The van der Waals surface area contributed by atoms with E-state index in [9.17, 15) is 4.79 Å². The highest BCUT2D eigenvalue weighted by molar-refractivity contribution is 9.10. The average Bonchev–Trinajstić information content (AvgIpc) is 2.45. The Kier molecular flexibility index (Phi) is 7.18. The fourth-order valence-electron chi connectivity index (χ4n) is 2.04. The fourth-order valence-corrected chi connectivity index (χ4v) is 2.42. The maximum Gasteiger partial charge on any atom is 0.262 e. The van der Waals surface area contributed by atoms with Crippen molar-refractivity contribution >= 4 is 21.8 Å². The smallest absolute Gasteiger partial charge is 0.262 e. The number of hydrogen-bond acceptors (Lipinski definition) is 3. The number of likely N-dealkylation sites (N-methyl/N-ethyl adjacent to an activating group) is 1. The Hall–Kier alpha value is -1.07. The number of amides is 1. The second kappa shape index (κ2) is 8.39. The lowest BCUT2D eigenvalue weighted by atomic mass is 10.1. The number of nitrogens with one attached hydrogen (secondary N) is 1. The molecule has 1 rings (SSSR count). The molecule has 21 heavy (non-hydrogen) atoms. The number of ether oxygens (including phenoxy) is 1. The third-order valence-electron chi connectivity index (χ3n) is 3.23. The number of halogens is 1. The molecule has 0 fully saturated rings. The molecule has 1 amide bonds. The van der Waals surface area contributed by atoms with Gasteiger partial charge in [0, 0.05) is 30.2 Å². The van der Waals surface area contributed by atoms with Crippen molar-refractivity contribution in [3.8, 4) is 5.75 Å². The van der Waals surface area contributed by atoms with Gasteiger partial charge in [-0.3, -0.25) is 4.79 Å². The van der Waals surface area contributed by atoms with E-state index in [0.717, 1.165) is 28.8 Å². The zero-order chi connectivity index (χ0) is 16.0. The molecule has 0 spiro atoms. The van der Waals surface area contributed by atoms with E-state index in [1.54, 1.807) is 25.9 Å². The first-order valence-electron chi connectivity index (χ1n) is 7.27. The molecule has 118 valence electrons. The summed E-state index contributed by atoms with van der Waals surface area (Å²) in [6.07, 6.45) is 0.572. The first kappa shape index (κ1) is 18.0. The molecule has 1 N–H and O–H groups in total. The van der Waals surface area contributed by atoms with Crippen LogP contribution in [0.15, 0.2) is 22.7 Å². The van der Waals surface area contributed by atoms with Crippen molar-refractivity contribution in [3.63, 3.8) is 0 Å². The summed E-state index contributed by atoms with van der Waals surface area (Å²) in [7, 11) is 3.46. The summed E-state index contributed by atoms with van der Waals surface area (Å²) in [6.45, 7) is 6.95. The monoisotopic (exact) mass is 356 g/mol. The molecule has 0 heterocycles. The van der Waals surface area contributed by atoms with E-state index in [0.29, 0.717) is 0 Å². The summed E-state index contributed by atoms with van der Waals surface area (Å²) in [5.41, 5.74) is 1.05. The van der Waals surface area contributed by atoms with Crippen molar-refractivity contribution in [2.75, 3.05) is 20.6 Å². The first-order chi connectivity index (χ1) is 9.86. The predicted molar refractivity (Wildman–Crippen MR) is 89.6 cm³/mol. The van der Waals surface area contributed by atoms with E-state index in [2.05, 4.69) is 35.1 Å². The molecular weight excluding hydrogens is 332 g/mol. The van der Waals surface area contributed by atoms with E-state index in [4.69, 9.17) is 4.74 Å². The van der Waals surface area contributed by atoms with Gasteiger partial charge in [0.05, 0.1) is 0 Å². The maximum absolute atomic E-state index is 11.9. The van der Waals surface area contributed by atoms with Crippen LogP contribution in [0, 0.1) is 0 Å². The second-order valence-corrected chi connectivity index (χ2v) is 6.27. The summed E-state index contributed by atoms with van der Waals surface area (Å²) < 4.78 is 6.87. The number of benzene rings is 1. The van der Waals surface area contributed by atoms with Gasteiger partial charge in [-0.05, 0) is 45.0 Å². The Labute approximate surface area is 136 Å². The maximum atomic E-state index is 11.9. The lowest BCUT2D eigenvalue weighted by molar-refractivity contribution is -0.135. The molecule has 0 aliphatic rings. The van der Waals surface area contributed by atoms with Crippen molar-refractivity contribution in [1.29, 1.82) is 0 Å². The van der Waals surface area contributed by atoms with Gasteiger partial charge in [-0.1, -0.05) is 22.9 Å². The van der Waals surface area contributed by atoms with Crippen molar-refractivity contribution in [2.24, 2.45) is 0 Å². The van der Waals surface area contributed by atoms with E-state index in [-0.39, 0.29) is 11.9 Å². The SMILES string of the molecule is CCCNC(C)c1cc(Br)ccc1OC(C)C(=O)N(C)C. The molecule has 5 heteroatoms. The zero-order valence-corrected chi connectivity index (χ0v) is 15.0. The molecule has 4 nitrogen and oxygen atoms in total. The normalized spacial score (nSPS) is 13.6. The number of hydrogen-bond donors (Lipinski definition) is 1. The van der Waals surface area contributed by atoms with Crippen LogP contribution >= 0.6 is 15.9 Å². The second-order valence-electron chi connectivity index (χ2n) is 5.35.